The molecule has 1 heterocycles. The molecule has 0 aromatic carbocycles. The van der Waals surface area contributed by atoms with Gasteiger partial charge in [-0.05, 0) is 46.5 Å². The van der Waals surface area contributed by atoms with Crippen molar-refractivity contribution in [3.05, 3.63) is 12.4 Å². The molecule has 1 amide bonds. The van der Waals surface area contributed by atoms with Crippen LogP contribution in [-0.4, -0.2) is 33.6 Å². The van der Waals surface area contributed by atoms with Gasteiger partial charge in [-0.3, -0.25) is 4.68 Å². The van der Waals surface area contributed by atoms with Crippen LogP contribution in [0.5, 0.6) is 0 Å². The minimum absolute atomic E-state index is 0.101. The molecule has 1 aromatic heterocycles. The minimum Gasteiger partial charge on any atom is -0.444 e. The van der Waals surface area contributed by atoms with E-state index in [1.54, 1.807) is 0 Å². The second-order valence-corrected chi connectivity index (χ2v) is 6.93. The Morgan fingerprint density at radius 1 is 1.41 bits per heavy atom. The first-order chi connectivity index (χ1) is 10.4. The molecule has 0 unspecified atom stereocenters. The summed E-state index contributed by atoms with van der Waals surface area (Å²) in [6.07, 6.45) is 7.70. The summed E-state index contributed by atoms with van der Waals surface area (Å²) in [6, 6.07) is 0.330. The van der Waals surface area contributed by atoms with Gasteiger partial charge in [-0.15, -0.1) is 0 Å². The van der Waals surface area contributed by atoms with E-state index in [1.165, 1.54) is 0 Å². The minimum atomic E-state index is -0.465. The lowest BCUT2D eigenvalue weighted by Gasteiger charge is -2.25. The Hall–Kier alpha value is -1.72. The molecule has 0 aliphatic heterocycles. The molecule has 6 nitrogen and oxygen atoms in total. The molecule has 2 rings (SSSR count). The first kappa shape index (κ1) is 16.6. The maximum Gasteiger partial charge on any atom is 0.407 e. The van der Waals surface area contributed by atoms with Gasteiger partial charge < -0.3 is 15.4 Å². The number of anilines is 1. The topological polar surface area (TPSA) is 68.2 Å². The van der Waals surface area contributed by atoms with Gasteiger partial charge in [0.05, 0.1) is 17.9 Å². The van der Waals surface area contributed by atoms with E-state index >= 15 is 0 Å². The summed E-state index contributed by atoms with van der Waals surface area (Å²) in [5.41, 5.74) is 0.545. The van der Waals surface area contributed by atoms with Gasteiger partial charge in [0.2, 0.25) is 0 Å². The Kier molecular flexibility index (Phi) is 5.32. The normalized spacial score (nSPS) is 21.6. The van der Waals surface area contributed by atoms with E-state index in [1.807, 2.05) is 37.8 Å². The van der Waals surface area contributed by atoms with Crippen molar-refractivity contribution in [1.82, 2.24) is 15.1 Å². The fourth-order valence-electron chi connectivity index (χ4n) is 2.77. The monoisotopic (exact) mass is 308 g/mol. The molecule has 1 fully saturated rings. The lowest BCUT2D eigenvalue weighted by molar-refractivity contribution is 0.0503. The second-order valence-electron chi connectivity index (χ2n) is 6.93. The van der Waals surface area contributed by atoms with E-state index in [0.717, 1.165) is 37.9 Å². The predicted octanol–water partition coefficient (Wildman–Crippen LogP) is 3.15. The smallest absolute Gasteiger partial charge is 0.407 e. The molecule has 0 spiro atoms. The van der Waals surface area contributed by atoms with Crippen LogP contribution in [0.25, 0.3) is 0 Å². The first-order valence-corrected chi connectivity index (χ1v) is 8.16. The summed E-state index contributed by atoms with van der Waals surface area (Å²) in [5, 5.41) is 10.8. The molecule has 1 saturated carbocycles. The molecule has 0 bridgehead atoms. The molecule has 6 heteroatoms. The summed E-state index contributed by atoms with van der Waals surface area (Å²) >= 11 is 0. The number of nitrogens with one attached hydrogen (secondary N) is 2. The Morgan fingerprint density at radius 3 is 2.82 bits per heavy atom. The lowest BCUT2D eigenvalue weighted by Crippen LogP contribution is -2.45. The van der Waals surface area contributed by atoms with Crippen molar-refractivity contribution < 1.29 is 9.53 Å². The number of ether oxygens (including phenoxy) is 1. The maximum atomic E-state index is 11.9. The molecule has 1 aliphatic carbocycles. The standard InChI is InChI=1S/C16H28N4O2/c1-5-9-20-11-12(10-17-20)18-13-7-6-8-14(13)19-15(21)22-16(2,3)4/h10-11,13-14,18H,5-9H2,1-4H3,(H,19,21)/t13-,14+/m0/s1. The number of amides is 1. The van der Waals surface area contributed by atoms with Crippen LogP contribution >= 0.6 is 0 Å². The third-order valence-electron chi connectivity index (χ3n) is 3.66. The van der Waals surface area contributed by atoms with E-state index in [4.69, 9.17) is 4.74 Å². The molecule has 2 atom stereocenters. The average Bonchev–Trinajstić information content (AvgIpc) is 2.99. The van der Waals surface area contributed by atoms with Crippen molar-refractivity contribution in [3.63, 3.8) is 0 Å². The van der Waals surface area contributed by atoms with Crippen molar-refractivity contribution in [1.29, 1.82) is 0 Å². The summed E-state index contributed by atoms with van der Waals surface area (Å²) in [7, 11) is 0. The van der Waals surface area contributed by atoms with Crippen LogP contribution in [0.2, 0.25) is 0 Å². The van der Waals surface area contributed by atoms with Crippen molar-refractivity contribution in [2.75, 3.05) is 5.32 Å². The number of rotatable bonds is 5. The Balaban J connectivity index is 1.88. The van der Waals surface area contributed by atoms with Gasteiger partial charge in [0, 0.05) is 18.8 Å². The Labute approximate surface area is 132 Å². The van der Waals surface area contributed by atoms with Crippen molar-refractivity contribution in [2.45, 2.75) is 77.6 Å². The molecule has 22 heavy (non-hydrogen) atoms. The lowest BCUT2D eigenvalue weighted by atomic mass is 10.1. The van der Waals surface area contributed by atoms with Crippen LogP contribution in [-0.2, 0) is 11.3 Å². The zero-order valence-electron chi connectivity index (χ0n) is 14.1. The van der Waals surface area contributed by atoms with Crippen LogP contribution in [0.4, 0.5) is 10.5 Å². The molecule has 1 aliphatic rings. The molecular formula is C16H28N4O2. The molecule has 124 valence electrons. The molecule has 0 saturated heterocycles. The number of carbonyl (C=O) groups excluding carboxylic acids is 1. The number of hydrogen-bond acceptors (Lipinski definition) is 4. The second kappa shape index (κ2) is 7.03. The van der Waals surface area contributed by atoms with Crippen LogP contribution in [0, 0.1) is 0 Å². The summed E-state index contributed by atoms with van der Waals surface area (Å²) in [5.74, 6) is 0. The number of carbonyl (C=O) groups is 1. The van der Waals surface area contributed by atoms with E-state index in [2.05, 4.69) is 22.7 Å². The highest BCUT2D eigenvalue weighted by Gasteiger charge is 2.30. The van der Waals surface area contributed by atoms with Gasteiger partial charge in [-0.2, -0.15) is 5.10 Å². The maximum absolute atomic E-state index is 11.9. The highest BCUT2D eigenvalue weighted by atomic mass is 16.6. The van der Waals surface area contributed by atoms with E-state index in [-0.39, 0.29) is 18.2 Å². The number of hydrogen-bond donors (Lipinski definition) is 2. The van der Waals surface area contributed by atoms with Crippen LogP contribution in [0.1, 0.15) is 53.4 Å². The quantitative estimate of drug-likeness (QED) is 0.877. The Bertz CT molecular complexity index is 493. The van der Waals surface area contributed by atoms with Gasteiger partial charge in [0.25, 0.3) is 0 Å². The molecular weight excluding hydrogens is 280 g/mol. The zero-order valence-corrected chi connectivity index (χ0v) is 14.1. The van der Waals surface area contributed by atoms with Crippen molar-refractivity contribution in [2.24, 2.45) is 0 Å². The van der Waals surface area contributed by atoms with Gasteiger partial charge in [0.15, 0.2) is 0 Å². The molecule has 2 N–H and O–H groups in total. The molecule has 1 aromatic rings. The van der Waals surface area contributed by atoms with Crippen molar-refractivity contribution >= 4 is 11.8 Å². The molecule has 0 radical (unpaired) electrons. The van der Waals surface area contributed by atoms with E-state index in [0.29, 0.717) is 0 Å². The van der Waals surface area contributed by atoms with Gasteiger partial charge in [0.1, 0.15) is 5.60 Å². The Morgan fingerprint density at radius 2 is 2.14 bits per heavy atom. The highest BCUT2D eigenvalue weighted by molar-refractivity contribution is 5.68. The van der Waals surface area contributed by atoms with E-state index < -0.39 is 5.60 Å². The third-order valence-corrected chi connectivity index (χ3v) is 3.66. The fraction of sp³-hybridized carbons (Fsp3) is 0.750. The zero-order chi connectivity index (χ0) is 16.2. The highest BCUT2D eigenvalue weighted by Crippen LogP contribution is 2.23. The summed E-state index contributed by atoms with van der Waals surface area (Å²) in [4.78, 5) is 11.9. The summed E-state index contributed by atoms with van der Waals surface area (Å²) < 4.78 is 7.28. The largest absolute Gasteiger partial charge is 0.444 e. The average molecular weight is 308 g/mol. The third kappa shape index (κ3) is 4.93. The van der Waals surface area contributed by atoms with E-state index in [9.17, 15) is 4.79 Å². The summed E-state index contributed by atoms with van der Waals surface area (Å²) in [6.45, 7) is 8.68. The predicted molar refractivity (Wildman–Crippen MR) is 86.9 cm³/mol. The van der Waals surface area contributed by atoms with Crippen LogP contribution in [0.3, 0.4) is 0 Å². The van der Waals surface area contributed by atoms with Gasteiger partial charge in [-0.25, -0.2) is 4.79 Å². The SMILES string of the molecule is CCCn1cc(N[C@H]2CCC[C@H]2NC(=O)OC(C)(C)C)cn1. The van der Waals surface area contributed by atoms with Crippen molar-refractivity contribution in [3.8, 4) is 0 Å². The van der Waals surface area contributed by atoms with Crippen LogP contribution < -0.4 is 10.6 Å². The van der Waals surface area contributed by atoms with Crippen LogP contribution in [0.15, 0.2) is 12.4 Å². The number of nitrogens with zero attached hydrogens (tertiary/aromatic N) is 2. The fourth-order valence-corrected chi connectivity index (χ4v) is 2.77. The first-order valence-electron chi connectivity index (χ1n) is 8.16. The number of aryl methyl sites for hydroxylation is 1. The van der Waals surface area contributed by atoms with Gasteiger partial charge >= 0.3 is 6.09 Å². The number of aromatic nitrogens is 2. The number of alkyl carbamates (subject to hydrolysis) is 1. The van der Waals surface area contributed by atoms with Gasteiger partial charge in [-0.1, -0.05) is 6.92 Å².